The number of nitrogens with two attached hydrogens (primary N) is 2. The summed E-state index contributed by atoms with van der Waals surface area (Å²) in [5, 5.41) is 5.64. The van der Waals surface area contributed by atoms with E-state index in [2.05, 4.69) is 35.9 Å². The van der Waals surface area contributed by atoms with Crippen LogP contribution in [0.1, 0.15) is 51.4 Å². The standard InChI is InChI=1S/C16H34N4O2S2/c17-13(11-23)15(21)19-9-7-5-3-1-2-4-6-8-10-20-16(22)14(18)12-24/h13-14,23-24H,1-12,17-18H2,(H,19,21)(H,20,22)/t13-,14-/m0/s1. The van der Waals surface area contributed by atoms with Gasteiger partial charge < -0.3 is 22.1 Å². The van der Waals surface area contributed by atoms with E-state index in [1.54, 1.807) is 0 Å². The van der Waals surface area contributed by atoms with Crippen molar-refractivity contribution >= 4 is 37.1 Å². The van der Waals surface area contributed by atoms with E-state index in [0.717, 1.165) is 25.7 Å². The van der Waals surface area contributed by atoms with Gasteiger partial charge in [-0.25, -0.2) is 0 Å². The van der Waals surface area contributed by atoms with E-state index in [1.807, 2.05) is 0 Å². The van der Waals surface area contributed by atoms with Crippen molar-refractivity contribution in [2.24, 2.45) is 11.5 Å². The summed E-state index contributed by atoms with van der Waals surface area (Å²) in [6, 6.07) is -1.02. The fraction of sp³-hybridized carbons (Fsp3) is 0.875. The summed E-state index contributed by atoms with van der Waals surface area (Å²) in [5.74, 6) is 0.509. The molecule has 0 aliphatic rings. The number of thiol groups is 2. The zero-order chi connectivity index (χ0) is 18.2. The van der Waals surface area contributed by atoms with Crippen molar-refractivity contribution in [3.63, 3.8) is 0 Å². The molecule has 2 amide bonds. The average molecular weight is 379 g/mol. The highest BCUT2D eigenvalue weighted by molar-refractivity contribution is 7.80. The Morgan fingerprint density at radius 1 is 0.667 bits per heavy atom. The van der Waals surface area contributed by atoms with Crippen LogP contribution in [-0.4, -0.2) is 48.5 Å². The lowest BCUT2D eigenvalue weighted by atomic mass is 10.1. The monoisotopic (exact) mass is 378 g/mol. The van der Waals surface area contributed by atoms with Crippen LogP contribution in [0.5, 0.6) is 0 Å². The maximum Gasteiger partial charge on any atom is 0.237 e. The zero-order valence-corrected chi connectivity index (χ0v) is 16.3. The second kappa shape index (κ2) is 16.1. The molecule has 0 bridgehead atoms. The third kappa shape index (κ3) is 12.9. The van der Waals surface area contributed by atoms with Crippen LogP contribution in [0.2, 0.25) is 0 Å². The Morgan fingerprint density at radius 3 is 1.25 bits per heavy atom. The third-order valence-electron chi connectivity index (χ3n) is 3.77. The molecule has 0 saturated carbocycles. The van der Waals surface area contributed by atoms with E-state index < -0.39 is 12.1 Å². The summed E-state index contributed by atoms with van der Waals surface area (Å²) < 4.78 is 0. The van der Waals surface area contributed by atoms with Crippen LogP contribution >= 0.6 is 25.3 Å². The number of carbonyl (C=O) groups is 2. The molecular weight excluding hydrogens is 344 g/mol. The van der Waals surface area contributed by atoms with Gasteiger partial charge in [0.25, 0.3) is 0 Å². The first-order valence-corrected chi connectivity index (χ1v) is 10.1. The molecule has 0 unspecified atom stereocenters. The molecule has 24 heavy (non-hydrogen) atoms. The maximum atomic E-state index is 11.4. The van der Waals surface area contributed by atoms with Crippen LogP contribution < -0.4 is 22.1 Å². The summed E-state index contributed by atoms with van der Waals surface area (Å²) in [6.45, 7) is 1.38. The number of carbonyl (C=O) groups excluding carboxylic acids is 2. The molecule has 0 rings (SSSR count). The van der Waals surface area contributed by atoms with Crippen LogP contribution in [0.25, 0.3) is 0 Å². The first-order valence-electron chi connectivity index (χ1n) is 8.81. The molecule has 2 atom stereocenters. The summed E-state index contributed by atoms with van der Waals surface area (Å²) in [7, 11) is 0. The third-order valence-corrected chi connectivity index (χ3v) is 4.56. The van der Waals surface area contributed by atoms with Gasteiger partial charge in [-0.15, -0.1) is 0 Å². The molecule has 0 aliphatic carbocycles. The maximum absolute atomic E-state index is 11.4. The number of nitrogens with one attached hydrogen (secondary N) is 2. The predicted molar refractivity (Wildman–Crippen MR) is 107 cm³/mol. The Morgan fingerprint density at radius 2 is 0.958 bits per heavy atom. The minimum atomic E-state index is -0.508. The Hall–Kier alpha value is -0.440. The van der Waals surface area contributed by atoms with Gasteiger partial charge in [-0.1, -0.05) is 38.5 Å². The van der Waals surface area contributed by atoms with Crippen molar-refractivity contribution in [1.29, 1.82) is 0 Å². The summed E-state index contributed by atoms with van der Waals surface area (Å²) >= 11 is 7.99. The fourth-order valence-electron chi connectivity index (χ4n) is 2.16. The summed E-state index contributed by atoms with van der Waals surface area (Å²) in [6.07, 6.45) is 9.00. The van der Waals surface area contributed by atoms with Gasteiger partial charge in [-0.05, 0) is 12.8 Å². The number of unbranched alkanes of at least 4 members (excludes halogenated alkanes) is 7. The highest BCUT2D eigenvalue weighted by Crippen LogP contribution is 2.08. The van der Waals surface area contributed by atoms with Gasteiger partial charge in [-0.3, -0.25) is 9.59 Å². The quantitative estimate of drug-likeness (QED) is 0.187. The molecule has 0 aliphatic heterocycles. The van der Waals surface area contributed by atoms with E-state index >= 15 is 0 Å². The lowest BCUT2D eigenvalue weighted by Crippen LogP contribution is -2.42. The molecule has 8 heteroatoms. The Balaban J connectivity index is 3.26. The topological polar surface area (TPSA) is 110 Å². The van der Waals surface area contributed by atoms with Crippen molar-refractivity contribution in [2.45, 2.75) is 63.5 Å². The van der Waals surface area contributed by atoms with Crippen molar-refractivity contribution in [3.8, 4) is 0 Å². The molecule has 0 aromatic heterocycles. The zero-order valence-electron chi connectivity index (χ0n) is 14.5. The molecule has 0 heterocycles. The summed E-state index contributed by atoms with van der Waals surface area (Å²) in [4.78, 5) is 22.8. The van der Waals surface area contributed by atoms with E-state index in [0.29, 0.717) is 24.6 Å². The molecule has 0 aromatic rings. The first-order chi connectivity index (χ1) is 11.5. The predicted octanol–water partition coefficient (Wildman–Crippen LogP) is 0.854. The molecule has 0 saturated heterocycles. The van der Waals surface area contributed by atoms with Crippen LogP contribution in [0.3, 0.4) is 0 Å². The van der Waals surface area contributed by atoms with Gasteiger partial charge in [0.15, 0.2) is 0 Å². The Labute approximate surface area is 157 Å². The van der Waals surface area contributed by atoms with Crippen LogP contribution in [-0.2, 0) is 9.59 Å². The normalized spacial score (nSPS) is 13.3. The summed E-state index contributed by atoms with van der Waals surface area (Å²) in [5.41, 5.74) is 11.1. The fourth-order valence-corrected chi connectivity index (χ4v) is 2.49. The molecule has 0 fully saturated rings. The highest BCUT2D eigenvalue weighted by Gasteiger charge is 2.10. The molecule has 6 nitrogen and oxygen atoms in total. The van der Waals surface area contributed by atoms with Gasteiger partial charge >= 0.3 is 0 Å². The molecule has 6 N–H and O–H groups in total. The smallest absolute Gasteiger partial charge is 0.237 e. The van der Waals surface area contributed by atoms with Gasteiger partial charge in [0.05, 0.1) is 12.1 Å². The van der Waals surface area contributed by atoms with E-state index in [-0.39, 0.29) is 11.8 Å². The number of rotatable bonds is 15. The number of hydrogen-bond donors (Lipinski definition) is 6. The second-order valence-electron chi connectivity index (χ2n) is 5.99. The average Bonchev–Trinajstić information content (AvgIpc) is 2.60. The number of amides is 2. The molecule has 0 aromatic carbocycles. The van der Waals surface area contributed by atoms with Crippen LogP contribution in [0.15, 0.2) is 0 Å². The van der Waals surface area contributed by atoms with Gasteiger partial charge in [-0.2, -0.15) is 25.3 Å². The second-order valence-corrected chi connectivity index (χ2v) is 6.72. The first kappa shape index (κ1) is 23.6. The van der Waals surface area contributed by atoms with Gasteiger partial charge in [0.1, 0.15) is 0 Å². The van der Waals surface area contributed by atoms with Gasteiger partial charge in [0, 0.05) is 24.6 Å². The lowest BCUT2D eigenvalue weighted by molar-refractivity contribution is -0.122. The molecule has 142 valence electrons. The Kier molecular flexibility index (Phi) is 15.8. The van der Waals surface area contributed by atoms with E-state index in [9.17, 15) is 9.59 Å². The largest absolute Gasteiger partial charge is 0.355 e. The van der Waals surface area contributed by atoms with Crippen molar-refractivity contribution in [1.82, 2.24) is 10.6 Å². The van der Waals surface area contributed by atoms with Crippen molar-refractivity contribution in [3.05, 3.63) is 0 Å². The Bertz CT molecular complexity index is 314. The van der Waals surface area contributed by atoms with Crippen LogP contribution in [0.4, 0.5) is 0 Å². The lowest BCUT2D eigenvalue weighted by Gasteiger charge is -2.10. The number of hydrogen-bond acceptors (Lipinski definition) is 6. The minimum absolute atomic E-state index is 0.118. The van der Waals surface area contributed by atoms with E-state index in [1.165, 1.54) is 25.7 Å². The van der Waals surface area contributed by atoms with Crippen LogP contribution in [0, 0.1) is 0 Å². The van der Waals surface area contributed by atoms with Crippen molar-refractivity contribution in [2.75, 3.05) is 24.6 Å². The molecule has 0 radical (unpaired) electrons. The van der Waals surface area contributed by atoms with Crippen molar-refractivity contribution < 1.29 is 9.59 Å². The highest BCUT2D eigenvalue weighted by atomic mass is 32.1. The SMILES string of the molecule is N[C@@H](CS)C(=O)NCCCCCCCCCCNC(=O)[C@@H](N)CS. The molecular formula is C16H34N4O2S2. The van der Waals surface area contributed by atoms with E-state index in [4.69, 9.17) is 11.5 Å². The van der Waals surface area contributed by atoms with Gasteiger partial charge in [0.2, 0.25) is 11.8 Å². The minimum Gasteiger partial charge on any atom is -0.355 e. The molecule has 0 spiro atoms.